The van der Waals surface area contributed by atoms with E-state index in [1.54, 1.807) is 6.08 Å². The van der Waals surface area contributed by atoms with Crippen molar-refractivity contribution in [3.8, 4) is 0 Å². The van der Waals surface area contributed by atoms with Crippen LogP contribution in [0.5, 0.6) is 0 Å². The van der Waals surface area contributed by atoms with Gasteiger partial charge >= 0.3 is 5.97 Å². The molecule has 1 aromatic carbocycles. The van der Waals surface area contributed by atoms with Crippen molar-refractivity contribution in [1.82, 2.24) is 5.32 Å². The van der Waals surface area contributed by atoms with Crippen molar-refractivity contribution < 1.29 is 19.1 Å². The molecule has 1 rings (SSSR count). The average Bonchev–Trinajstić information content (AvgIpc) is 2.49. The summed E-state index contributed by atoms with van der Waals surface area (Å²) in [6.07, 6.45) is 3.25. The van der Waals surface area contributed by atoms with E-state index in [4.69, 9.17) is 4.74 Å². The van der Waals surface area contributed by atoms with E-state index < -0.39 is 17.0 Å². The van der Waals surface area contributed by atoms with E-state index in [1.165, 1.54) is 6.08 Å². The van der Waals surface area contributed by atoms with Crippen molar-refractivity contribution >= 4 is 23.7 Å². The van der Waals surface area contributed by atoms with Crippen LogP contribution in [0.4, 0.5) is 0 Å². The number of carbonyl (C=O) groups is 3. The fraction of sp³-hybridized carbons (Fsp3) is 0.476. The highest BCUT2D eigenvalue weighted by atomic mass is 16.6. The summed E-state index contributed by atoms with van der Waals surface area (Å²) in [5.74, 6) is -0.599. The van der Waals surface area contributed by atoms with E-state index in [-0.39, 0.29) is 24.7 Å². The summed E-state index contributed by atoms with van der Waals surface area (Å²) in [6.45, 7) is 11.0. The summed E-state index contributed by atoms with van der Waals surface area (Å²) in [5, 5.41) is 2.65. The van der Waals surface area contributed by atoms with Crippen LogP contribution < -0.4 is 5.32 Å². The maximum atomic E-state index is 11.9. The minimum absolute atomic E-state index is 0.00604. The Labute approximate surface area is 155 Å². The number of amides is 1. The van der Waals surface area contributed by atoms with E-state index in [0.29, 0.717) is 0 Å². The molecule has 1 amide bonds. The third-order valence-electron chi connectivity index (χ3n) is 3.45. The molecule has 0 saturated heterocycles. The van der Waals surface area contributed by atoms with Crippen molar-refractivity contribution in [2.24, 2.45) is 5.41 Å². The molecular weight excluding hydrogens is 330 g/mol. The summed E-state index contributed by atoms with van der Waals surface area (Å²) in [5.41, 5.74) is 0.686. The van der Waals surface area contributed by atoms with Crippen LogP contribution in [0.1, 0.15) is 52.7 Å². The van der Waals surface area contributed by atoms with E-state index in [9.17, 15) is 14.4 Å². The molecule has 0 aliphatic rings. The average molecular weight is 359 g/mol. The second kappa shape index (κ2) is 8.79. The molecule has 1 N–H and O–H groups in total. The maximum absolute atomic E-state index is 11.9. The quantitative estimate of drug-likeness (QED) is 0.625. The molecule has 0 aromatic heterocycles. The van der Waals surface area contributed by atoms with Crippen LogP contribution in [0.25, 0.3) is 6.08 Å². The van der Waals surface area contributed by atoms with Gasteiger partial charge < -0.3 is 10.1 Å². The van der Waals surface area contributed by atoms with E-state index >= 15 is 0 Å². The first-order chi connectivity index (χ1) is 11.9. The number of hydrogen-bond donors (Lipinski definition) is 1. The van der Waals surface area contributed by atoms with Gasteiger partial charge in [0.25, 0.3) is 0 Å². The Balaban J connectivity index is 2.53. The van der Waals surface area contributed by atoms with Gasteiger partial charge in [0, 0.05) is 11.5 Å². The third kappa shape index (κ3) is 8.60. The molecule has 5 heteroatoms. The molecule has 0 radical (unpaired) electrons. The lowest BCUT2D eigenvalue weighted by Gasteiger charge is -2.17. The lowest BCUT2D eigenvalue weighted by Crippen LogP contribution is -2.36. The number of nitrogens with one attached hydrogen (secondary N) is 1. The number of ketones is 1. The van der Waals surface area contributed by atoms with Crippen LogP contribution in [0.3, 0.4) is 0 Å². The van der Waals surface area contributed by atoms with Gasteiger partial charge in [0.2, 0.25) is 5.91 Å². The van der Waals surface area contributed by atoms with Crippen molar-refractivity contribution in [2.75, 3.05) is 6.54 Å². The fourth-order valence-electron chi connectivity index (χ4n) is 1.94. The highest BCUT2D eigenvalue weighted by molar-refractivity contribution is 5.90. The number of rotatable bonds is 6. The molecule has 142 valence electrons. The summed E-state index contributed by atoms with van der Waals surface area (Å²) in [7, 11) is 0. The van der Waals surface area contributed by atoms with E-state index in [2.05, 4.69) is 5.32 Å². The highest BCUT2D eigenvalue weighted by Gasteiger charge is 2.21. The van der Waals surface area contributed by atoms with E-state index in [0.717, 1.165) is 11.1 Å². The van der Waals surface area contributed by atoms with Gasteiger partial charge in [0.05, 0.1) is 13.0 Å². The second-order valence-corrected chi connectivity index (χ2v) is 8.24. The molecule has 0 unspecified atom stereocenters. The minimum Gasteiger partial charge on any atom is -0.457 e. The molecule has 0 atom stereocenters. The standard InChI is InChI=1S/C21H29NO4/c1-20(2,3)17(23)14-22-18(24)13-16-9-7-15(8-10-16)11-12-19(25)26-21(4,5)6/h7-12H,13-14H2,1-6H3,(H,22,24)/b12-11+. The lowest BCUT2D eigenvalue weighted by molar-refractivity contribution is -0.148. The van der Waals surface area contributed by atoms with Gasteiger partial charge in [-0.3, -0.25) is 9.59 Å². The molecular formula is C21H29NO4. The van der Waals surface area contributed by atoms with Crippen LogP contribution in [-0.4, -0.2) is 29.8 Å². The van der Waals surface area contributed by atoms with Crippen LogP contribution in [0.15, 0.2) is 30.3 Å². The SMILES string of the molecule is CC(C)(C)OC(=O)/C=C/c1ccc(CC(=O)NCC(=O)C(C)(C)C)cc1. The first-order valence-electron chi connectivity index (χ1n) is 8.67. The fourth-order valence-corrected chi connectivity index (χ4v) is 1.94. The molecule has 5 nitrogen and oxygen atoms in total. The molecule has 0 heterocycles. The summed E-state index contributed by atoms with van der Waals surface area (Å²) in [6, 6.07) is 7.29. The summed E-state index contributed by atoms with van der Waals surface area (Å²) >= 11 is 0. The van der Waals surface area contributed by atoms with Gasteiger partial charge in [-0.2, -0.15) is 0 Å². The summed E-state index contributed by atoms with van der Waals surface area (Å²) < 4.78 is 5.20. The molecule has 0 bridgehead atoms. The van der Waals surface area contributed by atoms with Gasteiger partial charge in [-0.25, -0.2) is 4.79 Å². The zero-order valence-corrected chi connectivity index (χ0v) is 16.5. The third-order valence-corrected chi connectivity index (χ3v) is 3.45. The number of carbonyl (C=O) groups excluding carboxylic acids is 3. The smallest absolute Gasteiger partial charge is 0.331 e. The predicted molar refractivity (Wildman–Crippen MR) is 102 cm³/mol. The van der Waals surface area contributed by atoms with Crippen LogP contribution in [0.2, 0.25) is 0 Å². The number of ether oxygens (including phenoxy) is 1. The van der Waals surface area contributed by atoms with Gasteiger partial charge in [0.15, 0.2) is 5.78 Å². The van der Waals surface area contributed by atoms with Gasteiger partial charge in [0.1, 0.15) is 5.60 Å². The van der Waals surface area contributed by atoms with Crippen LogP contribution >= 0.6 is 0 Å². The Kier molecular flexibility index (Phi) is 7.30. The van der Waals surface area contributed by atoms with Crippen molar-refractivity contribution in [2.45, 2.75) is 53.6 Å². The molecule has 0 spiro atoms. The number of esters is 1. The molecule has 0 aliphatic carbocycles. The molecule has 1 aromatic rings. The number of benzene rings is 1. The Morgan fingerprint density at radius 1 is 1.00 bits per heavy atom. The van der Waals surface area contributed by atoms with Crippen LogP contribution in [0, 0.1) is 5.41 Å². The zero-order valence-electron chi connectivity index (χ0n) is 16.5. The van der Waals surface area contributed by atoms with Gasteiger partial charge in [-0.05, 0) is 38.0 Å². The first-order valence-corrected chi connectivity index (χ1v) is 8.67. The highest BCUT2D eigenvalue weighted by Crippen LogP contribution is 2.13. The lowest BCUT2D eigenvalue weighted by atomic mass is 9.91. The van der Waals surface area contributed by atoms with Gasteiger partial charge in [-0.1, -0.05) is 45.0 Å². The van der Waals surface area contributed by atoms with Crippen molar-refractivity contribution in [3.63, 3.8) is 0 Å². The number of Topliss-reactive ketones (excluding diaryl/α,β-unsaturated/α-hetero) is 1. The molecule has 0 fully saturated rings. The zero-order chi connectivity index (χ0) is 20.0. The molecule has 0 saturated carbocycles. The summed E-state index contributed by atoms with van der Waals surface area (Å²) in [4.78, 5) is 35.4. The Hall–Kier alpha value is -2.43. The Bertz CT molecular complexity index is 673. The van der Waals surface area contributed by atoms with E-state index in [1.807, 2.05) is 65.8 Å². The maximum Gasteiger partial charge on any atom is 0.331 e. The van der Waals surface area contributed by atoms with Gasteiger partial charge in [-0.15, -0.1) is 0 Å². The first kappa shape index (κ1) is 21.6. The monoisotopic (exact) mass is 359 g/mol. The number of hydrogen-bond acceptors (Lipinski definition) is 4. The Morgan fingerprint density at radius 3 is 2.08 bits per heavy atom. The van der Waals surface area contributed by atoms with Crippen molar-refractivity contribution in [3.05, 3.63) is 41.5 Å². The normalized spacial score (nSPS) is 12.1. The predicted octanol–water partition coefficient (Wildman–Crippen LogP) is 3.32. The largest absolute Gasteiger partial charge is 0.457 e. The molecule has 0 aliphatic heterocycles. The van der Waals surface area contributed by atoms with Crippen LogP contribution in [-0.2, 0) is 25.5 Å². The topological polar surface area (TPSA) is 72.5 Å². The van der Waals surface area contributed by atoms with Crippen molar-refractivity contribution in [1.29, 1.82) is 0 Å². The Morgan fingerprint density at radius 2 is 1.58 bits per heavy atom. The minimum atomic E-state index is -0.521. The second-order valence-electron chi connectivity index (χ2n) is 8.24. The molecule has 26 heavy (non-hydrogen) atoms.